The highest BCUT2D eigenvalue weighted by molar-refractivity contribution is 7.16. The van der Waals surface area contributed by atoms with Crippen molar-refractivity contribution < 1.29 is 0 Å². The molecule has 1 saturated carbocycles. The van der Waals surface area contributed by atoms with Crippen LogP contribution in [-0.4, -0.2) is 14.5 Å². The summed E-state index contributed by atoms with van der Waals surface area (Å²) in [5, 5.41) is 0. The van der Waals surface area contributed by atoms with Crippen molar-refractivity contribution in [2.24, 2.45) is 0 Å². The topological polar surface area (TPSA) is 30.7 Å². The molecule has 2 heterocycles. The Labute approximate surface area is 151 Å². The normalized spacial score (nSPS) is 15.2. The molecule has 4 heteroatoms. The van der Waals surface area contributed by atoms with Crippen molar-refractivity contribution in [2.45, 2.75) is 31.7 Å². The minimum atomic E-state index is 0.617. The molecular weight excluding hydrogens is 326 g/mol. The fraction of sp³-hybridized carbons (Fsp3) is 0.238. The van der Waals surface area contributed by atoms with Gasteiger partial charge in [-0.05, 0) is 41.7 Å². The van der Waals surface area contributed by atoms with Crippen LogP contribution in [0.1, 0.15) is 31.7 Å². The minimum absolute atomic E-state index is 0.617. The third-order valence-electron chi connectivity index (χ3n) is 5.23. The molecular formula is C21H19N3S. The SMILES string of the molecule is c1nc2ccc(-c3ccc(-c4cncn4C4CCCC4)cc3)cc2s1. The predicted octanol–water partition coefficient (Wildman–Crippen LogP) is 5.94. The van der Waals surface area contributed by atoms with E-state index in [2.05, 4.69) is 57.0 Å². The summed E-state index contributed by atoms with van der Waals surface area (Å²) in [7, 11) is 0. The number of hydrogen-bond donors (Lipinski definition) is 0. The van der Waals surface area contributed by atoms with Gasteiger partial charge in [0.25, 0.3) is 0 Å². The number of thiazole rings is 1. The third kappa shape index (κ3) is 2.67. The molecule has 0 spiro atoms. The Kier molecular flexibility index (Phi) is 3.63. The highest BCUT2D eigenvalue weighted by Crippen LogP contribution is 2.34. The van der Waals surface area contributed by atoms with E-state index in [-0.39, 0.29) is 0 Å². The Morgan fingerprint density at radius 2 is 1.68 bits per heavy atom. The zero-order chi connectivity index (χ0) is 16.6. The van der Waals surface area contributed by atoms with Gasteiger partial charge in [0.05, 0.1) is 33.9 Å². The van der Waals surface area contributed by atoms with Crippen molar-refractivity contribution in [1.29, 1.82) is 0 Å². The molecule has 1 aliphatic rings. The van der Waals surface area contributed by atoms with Gasteiger partial charge in [0.2, 0.25) is 0 Å². The van der Waals surface area contributed by atoms with Gasteiger partial charge in [0.15, 0.2) is 0 Å². The standard InChI is InChI=1S/C21H19N3S/c1-2-4-18(3-1)24-13-22-12-20(24)16-7-5-15(6-8-16)17-9-10-19-21(11-17)25-14-23-19/h5-14,18H,1-4H2. The molecule has 1 fully saturated rings. The Morgan fingerprint density at radius 1 is 0.920 bits per heavy atom. The fourth-order valence-electron chi connectivity index (χ4n) is 3.87. The first-order valence-electron chi connectivity index (χ1n) is 8.84. The van der Waals surface area contributed by atoms with E-state index in [9.17, 15) is 0 Å². The van der Waals surface area contributed by atoms with Gasteiger partial charge in [-0.3, -0.25) is 0 Å². The maximum atomic E-state index is 4.41. The minimum Gasteiger partial charge on any atom is -0.328 e. The van der Waals surface area contributed by atoms with E-state index in [0.29, 0.717) is 6.04 Å². The molecule has 0 atom stereocenters. The van der Waals surface area contributed by atoms with Crippen molar-refractivity contribution in [1.82, 2.24) is 14.5 Å². The molecule has 1 aliphatic carbocycles. The van der Waals surface area contributed by atoms with Gasteiger partial charge < -0.3 is 4.57 Å². The molecule has 0 aliphatic heterocycles. The number of rotatable bonds is 3. The molecule has 2 aromatic heterocycles. The second kappa shape index (κ2) is 6.12. The summed E-state index contributed by atoms with van der Waals surface area (Å²) >= 11 is 1.69. The van der Waals surface area contributed by atoms with Crippen LogP contribution in [0.15, 0.2) is 60.5 Å². The highest BCUT2D eigenvalue weighted by Gasteiger charge is 2.19. The lowest BCUT2D eigenvalue weighted by Crippen LogP contribution is -2.04. The van der Waals surface area contributed by atoms with E-state index < -0.39 is 0 Å². The third-order valence-corrected chi connectivity index (χ3v) is 6.02. The molecule has 0 radical (unpaired) electrons. The van der Waals surface area contributed by atoms with E-state index in [0.717, 1.165) is 5.52 Å². The van der Waals surface area contributed by atoms with Gasteiger partial charge in [-0.15, -0.1) is 11.3 Å². The molecule has 0 unspecified atom stereocenters. The summed E-state index contributed by atoms with van der Waals surface area (Å²) in [6.07, 6.45) is 9.21. The first-order chi connectivity index (χ1) is 12.4. The zero-order valence-corrected chi connectivity index (χ0v) is 14.7. The van der Waals surface area contributed by atoms with Crippen LogP contribution >= 0.6 is 11.3 Å². The first kappa shape index (κ1) is 14.8. The molecule has 0 saturated heterocycles. The van der Waals surface area contributed by atoms with E-state index in [1.165, 1.54) is 52.8 Å². The van der Waals surface area contributed by atoms with Gasteiger partial charge >= 0.3 is 0 Å². The first-order valence-corrected chi connectivity index (χ1v) is 9.72. The molecule has 3 nitrogen and oxygen atoms in total. The largest absolute Gasteiger partial charge is 0.328 e. The Bertz CT molecular complexity index is 1010. The van der Waals surface area contributed by atoms with Crippen LogP contribution in [0.5, 0.6) is 0 Å². The van der Waals surface area contributed by atoms with Crippen molar-refractivity contribution in [3.63, 3.8) is 0 Å². The van der Waals surface area contributed by atoms with Gasteiger partial charge in [0, 0.05) is 6.04 Å². The molecule has 0 N–H and O–H groups in total. The summed E-state index contributed by atoms with van der Waals surface area (Å²) in [4.78, 5) is 8.77. The number of hydrogen-bond acceptors (Lipinski definition) is 3. The quantitative estimate of drug-likeness (QED) is 0.460. The van der Waals surface area contributed by atoms with Crippen molar-refractivity contribution in [2.75, 3.05) is 0 Å². The summed E-state index contributed by atoms with van der Waals surface area (Å²) in [6, 6.07) is 16.0. The lowest BCUT2D eigenvalue weighted by molar-refractivity contribution is 0.523. The van der Waals surface area contributed by atoms with E-state index in [1.807, 2.05) is 18.0 Å². The second-order valence-electron chi connectivity index (χ2n) is 6.74. The number of benzene rings is 2. The Morgan fingerprint density at radius 3 is 2.52 bits per heavy atom. The molecule has 124 valence electrons. The number of aromatic nitrogens is 3. The summed E-state index contributed by atoms with van der Waals surface area (Å²) in [5.41, 5.74) is 7.94. The zero-order valence-electron chi connectivity index (χ0n) is 13.9. The number of nitrogens with zero attached hydrogens (tertiary/aromatic N) is 3. The molecule has 4 aromatic rings. The predicted molar refractivity (Wildman–Crippen MR) is 104 cm³/mol. The van der Waals surface area contributed by atoms with Crippen molar-refractivity contribution >= 4 is 21.6 Å². The fourth-order valence-corrected chi connectivity index (χ4v) is 4.59. The second-order valence-corrected chi connectivity index (χ2v) is 7.62. The van der Waals surface area contributed by atoms with Crippen LogP contribution in [-0.2, 0) is 0 Å². The van der Waals surface area contributed by atoms with Crippen LogP contribution in [0, 0.1) is 0 Å². The highest BCUT2D eigenvalue weighted by atomic mass is 32.1. The summed E-state index contributed by atoms with van der Waals surface area (Å²) < 4.78 is 3.60. The average Bonchev–Trinajstić information content (AvgIpc) is 3.41. The van der Waals surface area contributed by atoms with Gasteiger partial charge in [0.1, 0.15) is 0 Å². The molecule has 0 bridgehead atoms. The van der Waals surface area contributed by atoms with Crippen LogP contribution in [0.25, 0.3) is 32.6 Å². The molecule has 25 heavy (non-hydrogen) atoms. The molecule has 0 amide bonds. The maximum absolute atomic E-state index is 4.41. The van der Waals surface area contributed by atoms with E-state index >= 15 is 0 Å². The molecule has 5 rings (SSSR count). The number of imidazole rings is 1. The Hall–Kier alpha value is -2.46. The van der Waals surface area contributed by atoms with Crippen LogP contribution in [0.4, 0.5) is 0 Å². The Balaban J connectivity index is 1.48. The molecule has 2 aromatic carbocycles. The van der Waals surface area contributed by atoms with Gasteiger partial charge in [-0.2, -0.15) is 0 Å². The summed E-state index contributed by atoms with van der Waals surface area (Å²) in [6.45, 7) is 0. The maximum Gasteiger partial charge on any atom is 0.0953 e. The van der Waals surface area contributed by atoms with E-state index in [1.54, 1.807) is 11.3 Å². The van der Waals surface area contributed by atoms with Crippen LogP contribution in [0.3, 0.4) is 0 Å². The lowest BCUT2D eigenvalue weighted by atomic mass is 10.0. The van der Waals surface area contributed by atoms with Gasteiger partial charge in [-0.25, -0.2) is 9.97 Å². The van der Waals surface area contributed by atoms with Crippen LogP contribution < -0.4 is 0 Å². The average molecular weight is 345 g/mol. The van der Waals surface area contributed by atoms with Crippen molar-refractivity contribution in [3.8, 4) is 22.4 Å². The van der Waals surface area contributed by atoms with E-state index in [4.69, 9.17) is 0 Å². The lowest BCUT2D eigenvalue weighted by Gasteiger charge is -2.15. The number of fused-ring (bicyclic) bond motifs is 1. The smallest absolute Gasteiger partial charge is 0.0953 e. The summed E-state index contributed by atoms with van der Waals surface area (Å²) in [5.74, 6) is 0. The van der Waals surface area contributed by atoms with Gasteiger partial charge in [-0.1, -0.05) is 43.2 Å². The van der Waals surface area contributed by atoms with Crippen LogP contribution in [0.2, 0.25) is 0 Å². The van der Waals surface area contributed by atoms with Crippen molar-refractivity contribution in [3.05, 3.63) is 60.5 Å². The monoisotopic (exact) mass is 345 g/mol.